The molecule has 5 atom stereocenters. The first-order valence-electron chi connectivity index (χ1n) is 7.01. The fourth-order valence-electron chi connectivity index (χ4n) is 2.15. The van der Waals surface area contributed by atoms with Crippen LogP contribution in [0.3, 0.4) is 0 Å². The Labute approximate surface area is 145 Å². The Morgan fingerprint density at radius 3 is 2.33 bits per heavy atom. The number of hydrogen-bond donors (Lipinski definition) is 5. The Kier molecular flexibility index (Phi) is 6.33. The smallest absolute Gasteiger partial charge is 0.371 e. The summed E-state index contributed by atoms with van der Waals surface area (Å²) < 4.78 is 11.1. The number of carbonyl (C=O) groups is 1. The van der Waals surface area contributed by atoms with Gasteiger partial charge in [-0.25, -0.2) is 4.79 Å². The maximum atomic E-state index is 11.3. The van der Waals surface area contributed by atoms with Crippen LogP contribution in [0.5, 0.6) is 0 Å². The third kappa shape index (κ3) is 4.32. The molecule has 1 fully saturated rings. The van der Waals surface area contributed by atoms with Crippen LogP contribution >= 0.6 is 15.9 Å². The van der Waals surface area contributed by atoms with Crippen molar-refractivity contribution in [3.05, 3.63) is 40.1 Å². The first-order chi connectivity index (χ1) is 11.3. The molecule has 0 bridgehead atoms. The van der Waals surface area contributed by atoms with Gasteiger partial charge < -0.3 is 35.0 Å². The van der Waals surface area contributed by atoms with Crippen LogP contribution in [0, 0.1) is 0 Å². The highest BCUT2D eigenvalue weighted by Crippen LogP contribution is 2.24. The van der Waals surface area contributed by atoms with Crippen molar-refractivity contribution in [1.29, 1.82) is 0 Å². The Bertz CT molecular complexity index is 600. The molecule has 8 nitrogen and oxygen atoms in total. The number of ether oxygens (including phenoxy) is 2. The molecule has 1 aliphatic heterocycles. The standard InChI is InChI=1S/C15H17BrO8/c16-8-3-1-7(2-4-8)5-9(14(21)22)23-15-13(20)12(19)11(18)10(6-17)24-15/h1-5,10-13,15,17-20H,6H2,(H,21,22)/t10-,11-,12+,13-,15-/m0/s1. The molecule has 0 aromatic heterocycles. The van der Waals surface area contributed by atoms with Crippen LogP contribution in [0.1, 0.15) is 5.56 Å². The summed E-state index contributed by atoms with van der Waals surface area (Å²) in [7, 11) is 0. The molecule has 132 valence electrons. The number of rotatable bonds is 5. The van der Waals surface area contributed by atoms with Gasteiger partial charge in [0.25, 0.3) is 0 Å². The molecule has 1 saturated heterocycles. The summed E-state index contributed by atoms with van der Waals surface area (Å²) in [6, 6.07) is 6.70. The molecular weight excluding hydrogens is 388 g/mol. The van der Waals surface area contributed by atoms with Gasteiger partial charge in [-0.1, -0.05) is 28.1 Å². The largest absolute Gasteiger partial charge is 0.475 e. The predicted octanol–water partition coefficient (Wildman–Crippen LogP) is -0.309. The minimum absolute atomic E-state index is 0.526. The van der Waals surface area contributed by atoms with E-state index in [2.05, 4.69) is 15.9 Å². The van der Waals surface area contributed by atoms with E-state index in [4.69, 9.17) is 14.6 Å². The van der Waals surface area contributed by atoms with Crippen LogP contribution in [0.4, 0.5) is 0 Å². The summed E-state index contributed by atoms with van der Waals surface area (Å²) in [6.07, 6.45) is -6.40. The van der Waals surface area contributed by atoms with Gasteiger partial charge in [0, 0.05) is 4.47 Å². The van der Waals surface area contributed by atoms with E-state index in [1.807, 2.05) is 0 Å². The summed E-state index contributed by atoms with van der Waals surface area (Å²) in [5, 5.41) is 47.6. The molecule has 2 rings (SSSR count). The highest BCUT2D eigenvalue weighted by molar-refractivity contribution is 9.10. The van der Waals surface area contributed by atoms with Crippen molar-refractivity contribution in [2.75, 3.05) is 6.61 Å². The Morgan fingerprint density at radius 2 is 1.79 bits per heavy atom. The van der Waals surface area contributed by atoms with E-state index in [0.717, 1.165) is 4.47 Å². The Balaban J connectivity index is 2.20. The first kappa shape index (κ1) is 18.8. The van der Waals surface area contributed by atoms with Gasteiger partial charge in [-0.2, -0.15) is 0 Å². The molecule has 0 spiro atoms. The van der Waals surface area contributed by atoms with Crippen LogP contribution in [-0.2, 0) is 14.3 Å². The number of carboxylic acids is 1. The summed E-state index contributed by atoms with van der Waals surface area (Å²) in [5.74, 6) is -1.93. The molecule has 0 saturated carbocycles. The zero-order chi connectivity index (χ0) is 17.9. The van der Waals surface area contributed by atoms with Crippen molar-refractivity contribution in [3.63, 3.8) is 0 Å². The lowest BCUT2D eigenvalue weighted by Crippen LogP contribution is -2.59. The number of aliphatic carboxylic acids is 1. The number of aliphatic hydroxyl groups is 4. The van der Waals surface area contributed by atoms with Gasteiger partial charge in [-0.15, -0.1) is 0 Å². The average Bonchev–Trinajstić information content (AvgIpc) is 2.56. The minimum Gasteiger partial charge on any atom is -0.475 e. The zero-order valence-electron chi connectivity index (χ0n) is 12.3. The number of carboxylic acid groups (broad SMARTS) is 1. The first-order valence-corrected chi connectivity index (χ1v) is 7.80. The number of hydrogen-bond acceptors (Lipinski definition) is 7. The lowest BCUT2D eigenvalue weighted by atomic mass is 9.99. The van der Waals surface area contributed by atoms with Crippen molar-refractivity contribution in [2.45, 2.75) is 30.7 Å². The van der Waals surface area contributed by atoms with Gasteiger partial charge in [0.05, 0.1) is 6.61 Å². The molecule has 0 radical (unpaired) electrons. The molecular formula is C15H17BrO8. The molecule has 1 aliphatic rings. The monoisotopic (exact) mass is 404 g/mol. The van der Waals surface area contributed by atoms with E-state index >= 15 is 0 Å². The van der Waals surface area contributed by atoms with E-state index in [-0.39, 0.29) is 0 Å². The molecule has 5 N–H and O–H groups in total. The van der Waals surface area contributed by atoms with E-state index in [9.17, 15) is 25.2 Å². The van der Waals surface area contributed by atoms with Gasteiger partial charge >= 0.3 is 5.97 Å². The van der Waals surface area contributed by atoms with E-state index in [1.165, 1.54) is 6.08 Å². The molecule has 1 heterocycles. The van der Waals surface area contributed by atoms with Gasteiger partial charge in [0.1, 0.15) is 24.4 Å². The van der Waals surface area contributed by atoms with Crippen molar-refractivity contribution in [3.8, 4) is 0 Å². The molecule has 9 heteroatoms. The van der Waals surface area contributed by atoms with Gasteiger partial charge in [-0.05, 0) is 23.8 Å². The summed E-state index contributed by atoms with van der Waals surface area (Å²) >= 11 is 3.26. The Morgan fingerprint density at radius 1 is 1.17 bits per heavy atom. The lowest BCUT2D eigenvalue weighted by Gasteiger charge is -2.39. The maximum Gasteiger partial charge on any atom is 0.371 e. The van der Waals surface area contributed by atoms with Crippen LogP contribution < -0.4 is 0 Å². The van der Waals surface area contributed by atoms with Crippen LogP contribution in [-0.4, -0.2) is 68.8 Å². The molecule has 1 aromatic rings. The van der Waals surface area contributed by atoms with Gasteiger partial charge in [0.15, 0.2) is 0 Å². The highest BCUT2D eigenvalue weighted by atomic mass is 79.9. The van der Waals surface area contributed by atoms with Gasteiger partial charge in [0.2, 0.25) is 12.0 Å². The quantitative estimate of drug-likeness (QED) is 0.333. The number of halogens is 1. The fourth-order valence-corrected chi connectivity index (χ4v) is 2.41. The fraction of sp³-hybridized carbons (Fsp3) is 0.400. The highest BCUT2D eigenvalue weighted by Gasteiger charge is 2.45. The lowest BCUT2D eigenvalue weighted by molar-refractivity contribution is -0.291. The molecule has 0 unspecified atom stereocenters. The van der Waals surface area contributed by atoms with E-state index < -0.39 is 49.0 Å². The van der Waals surface area contributed by atoms with Crippen molar-refractivity contribution >= 4 is 28.0 Å². The normalized spacial score (nSPS) is 30.9. The van der Waals surface area contributed by atoms with Crippen molar-refractivity contribution in [2.24, 2.45) is 0 Å². The summed E-state index contributed by atoms with van der Waals surface area (Å²) in [4.78, 5) is 11.3. The van der Waals surface area contributed by atoms with Crippen LogP contribution in [0.15, 0.2) is 34.5 Å². The summed E-state index contributed by atoms with van der Waals surface area (Å²) in [6.45, 7) is -0.635. The Hall–Kier alpha value is -1.49. The van der Waals surface area contributed by atoms with Crippen molar-refractivity contribution in [1.82, 2.24) is 0 Å². The van der Waals surface area contributed by atoms with E-state index in [0.29, 0.717) is 5.56 Å². The summed E-state index contributed by atoms with van der Waals surface area (Å²) in [5.41, 5.74) is 0.528. The third-order valence-corrected chi connectivity index (χ3v) is 4.00. The molecule has 0 amide bonds. The number of benzene rings is 1. The molecule has 1 aromatic carbocycles. The van der Waals surface area contributed by atoms with Gasteiger partial charge in [-0.3, -0.25) is 0 Å². The van der Waals surface area contributed by atoms with E-state index in [1.54, 1.807) is 24.3 Å². The predicted molar refractivity (Wildman–Crippen MR) is 84.6 cm³/mol. The second-order valence-corrected chi connectivity index (χ2v) is 6.10. The second kappa shape index (κ2) is 8.06. The zero-order valence-corrected chi connectivity index (χ0v) is 13.9. The minimum atomic E-state index is -1.68. The average molecular weight is 405 g/mol. The second-order valence-electron chi connectivity index (χ2n) is 5.18. The number of aliphatic hydroxyl groups excluding tert-OH is 4. The molecule has 0 aliphatic carbocycles. The SMILES string of the molecule is O=C(O)C(=Cc1ccc(Br)cc1)O[C@H]1O[C@@H](CO)[C@H](O)[C@@H](O)[C@@H]1O. The van der Waals surface area contributed by atoms with Crippen LogP contribution in [0.2, 0.25) is 0 Å². The third-order valence-electron chi connectivity index (χ3n) is 3.47. The maximum absolute atomic E-state index is 11.3. The molecule has 24 heavy (non-hydrogen) atoms. The topological polar surface area (TPSA) is 137 Å². The van der Waals surface area contributed by atoms with Crippen LogP contribution in [0.25, 0.3) is 6.08 Å². The van der Waals surface area contributed by atoms with Crippen molar-refractivity contribution < 1.29 is 39.8 Å².